The maximum atomic E-state index is 12.0. The average Bonchev–Trinajstić information content (AvgIpc) is 3.11. The number of hydrogen-bond donors (Lipinski definition) is 1. The monoisotopic (exact) mass is 350 g/mol. The van der Waals surface area contributed by atoms with Crippen molar-refractivity contribution in [3.05, 3.63) is 72.4 Å². The van der Waals surface area contributed by atoms with E-state index in [1.807, 2.05) is 61.5 Å². The van der Waals surface area contributed by atoms with Crippen molar-refractivity contribution in [2.45, 2.75) is 6.92 Å². The van der Waals surface area contributed by atoms with Gasteiger partial charge in [0.15, 0.2) is 5.13 Å². The van der Waals surface area contributed by atoms with Gasteiger partial charge >= 0.3 is 0 Å². The Balaban J connectivity index is 1.60. The van der Waals surface area contributed by atoms with Crippen LogP contribution < -0.4 is 10.1 Å². The highest BCUT2D eigenvalue weighted by Crippen LogP contribution is 2.28. The van der Waals surface area contributed by atoms with Gasteiger partial charge in [0.1, 0.15) is 5.75 Å². The predicted octanol–water partition coefficient (Wildman–Crippen LogP) is 4.86. The Bertz CT molecular complexity index is 855. The van der Waals surface area contributed by atoms with Crippen LogP contribution in [-0.4, -0.2) is 17.5 Å². The number of carbonyl (C=O) groups is 1. The van der Waals surface area contributed by atoms with Gasteiger partial charge in [-0.3, -0.25) is 10.1 Å². The van der Waals surface area contributed by atoms with Crippen LogP contribution in [0.25, 0.3) is 16.5 Å². The van der Waals surface area contributed by atoms with Crippen molar-refractivity contribution in [3.63, 3.8) is 0 Å². The molecule has 0 saturated heterocycles. The number of nitrogens with one attached hydrogen (secondary N) is 1. The molecule has 0 radical (unpaired) electrons. The molecule has 0 unspecified atom stereocenters. The Morgan fingerprint density at radius 1 is 1.16 bits per heavy atom. The molecule has 0 bridgehead atoms. The number of benzene rings is 2. The van der Waals surface area contributed by atoms with Crippen molar-refractivity contribution in [1.82, 2.24) is 4.98 Å². The lowest BCUT2D eigenvalue weighted by molar-refractivity contribution is -0.111. The molecule has 0 aliphatic carbocycles. The van der Waals surface area contributed by atoms with E-state index in [1.54, 1.807) is 12.3 Å². The number of rotatable bonds is 6. The Labute approximate surface area is 150 Å². The molecule has 5 heteroatoms. The van der Waals surface area contributed by atoms with Gasteiger partial charge in [-0.2, -0.15) is 0 Å². The third kappa shape index (κ3) is 4.78. The summed E-state index contributed by atoms with van der Waals surface area (Å²) in [6.07, 6.45) is 5.03. The van der Waals surface area contributed by atoms with Crippen LogP contribution in [0.4, 0.5) is 5.13 Å². The summed E-state index contributed by atoms with van der Waals surface area (Å²) >= 11 is 1.45. The molecule has 1 heterocycles. The number of carbonyl (C=O) groups excluding carboxylic acids is 1. The molecule has 0 fully saturated rings. The van der Waals surface area contributed by atoms with E-state index in [4.69, 9.17) is 4.74 Å². The third-order valence-corrected chi connectivity index (χ3v) is 4.37. The van der Waals surface area contributed by atoms with E-state index in [9.17, 15) is 4.79 Å². The van der Waals surface area contributed by atoms with Crippen LogP contribution in [0.1, 0.15) is 12.5 Å². The molecule has 1 amide bonds. The summed E-state index contributed by atoms with van der Waals surface area (Å²) in [4.78, 5) is 17.3. The van der Waals surface area contributed by atoms with Gasteiger partial charge in [-0.1, -0.05) is 53.8 Å². The van der Waals surface area contributed by atoms with Crippen molar-refractivity contribution in [1.29, 1.82) is 0 Å². The summed E-state index contributed by atoms with van der Waals surface area (Å²) in [7, 11) is 0. The van der Waals surface area contributed by atoms with Crippen LogP contribution in [-0.2, 0) is 4.79 Å². The van der Waals surface area contributed by atoms with Crippen molar-refractivity contribution in [3.8, 4) is 16.2 Å². The maximum absolute atomic E-state index is 12.0. The lowest BCUT2D eigenvalue weighted by Crippen LogP contribution is -2.07. The van der Waals surface area contributed by atoms with Crippen molar-refractivity contribution in [2.24, 2.45) is 0 Å². The van der Waals surface area contributed by atoms with Crippen LogP contribution >= 0.6 is 11.3 Å². The molecule has 0 saturated carbocycles. The van der Waals surface area contributed by atoms with E-state index >= 15 is 0 Å². The fraction of sp³-hybridized carbons (Fsp3) is 0.100. The van der Waals surface area contributed by atoms with E-state index in [0.717, 1.165) is 21.8 Å². The standard InChI is InChI=1S/C20H18N2O2S/c1-2-24-17-11-8-15(9-12-17)10-13-19(23)22-20-21-14-18(25-20)16-6-4-3-5-7-16/h3-14H,2H2,1H3,(H,21,22,23)/b13-10+. The van der Waals surface area contributed by atoms with Gasteiger partial charge in [0.25, 0.3) is 0 Å². The maximum Gasteiger partial charge on any atom is 0.250 e. The molecule has 0 spiro atoms. The van der Waals surface area contributed by atoms with Crippen LogP contribution in [0.3, 0.4) is 0 Å². The molecule has 3 aromatic rings. The summed E-state index contributed by atoms with van der Waals surface area (Å²) in [6, 6.07) is 17.5. The third-order valence-electron chi connectivity index (χ3n) is 3.41. The van der Waals surface area contributed by atoms with Gasteiger partial charge in [-0.25, -0.2) is 4.98 Å². The minimum atomic E-state index is -0.206. The molecule has 4 nitrogen and oxygen atoms in total. The summed E-state index contributed by atoms with van der Waals surface area (Å²) in [5, 5.41) is 3.37. The SMILES string of the molecule is CCOc1ccc(/C=C/C(=O)Nc2ncc(-c3ccccc3)s2)cc1. The molecule has 0 aliphatic rings. The highest BCUT2D eigenvalue weighted by molar-refractivity contribution is 7.19. The topological polar surface area (TPSA) is 51.2 Å². The lowest BCUT2D eigenvalue weighted by atomic mass is 10.2. The van der Waals surface area contributed by atoms with Gasteiger partial charge in [0, 0.05) is 12.3 Å². The summed E-state index contributed by atoms with van der Waals surface area (Å²) < 4.78 is 5.39. The van der Waals surface area contributed by atoms with E-state index in [-0.39, 0.29) is 5.91 Å². The molecule has 1 aromatic heterocycles. The Kier molecular flexibility index (Phi) is 5.59. The van der Waals surface area contributed by atoms with Crippen molar-refractivity contribution >= 4 is 28.5 Å². The van der Waals surface area contributed by atoms with E-state index in [0.29, 0.717) is 11.7 Å². The van der Waals surface area contributed by atoms with Gasteiger partial charge < -0.3 is 4.74 Å². The molecule has 2 aromatic carbocycles. The first-order valence-corrected chi connectivity index (χ1v) is 8.79. The van der Waals surface area contributed by atoms with Gasteiger partial charge in [0.2, 0.25) is 5.91 Å². The van der Waals surface area contributed by atoms with Gasteiger partial charge in [0.05, 0.1) is 11.5 Å². The zero-order chi connectivity index (χ0) is 17.5. The zero-order valence-corrected chi connectivity index (χ0v) is 14.6. The zero-order valence-electron chi connectivity index (χ0n) is 13.8. The number of hydrogen-bond acceptors (Lipinski definition) is 4. The molecule has 3 rings (SSSR count). The highest BCUT2D eigenvalue weighted by atomic mass is 32.1. The van der Waals surface area contributed by atoms with E-state index in [2.05, 4.69) is 10.3 Å². The lowest BCUT2D eigenvalue weighted by Gasteiger charge is -2.02. The first kappa shape index (κ1) is 16.9. The van der Waals surface area contributed by atoms with Gasteiger partial charge in [-0.05, 0) is 36.3 Å². The fourth-order valence-corrected chi connectivity index (χ4v) is 3.05. The van der Waals surface area contributed by atoms with Crippen LogP contribution in [0.5, 0.6) is 5.75 Å². The number of thiazole rings is 1. The Morgan fingerprint density at radius 3 is 2.64 bits per heavy atom. The Morgan fingerprint density at radius 2 is 1.92 bits per heavy atom. The largest absolute Gasteiger partial charge is 0.494 e. The second-order valence-corrected chi connectivity index (χ2v) is 6.25. The average molecular weight is 350 g/mol. The number of anilines is 1. The van der Waals surface area contributed by atoms with E-state index < -0.39 is 0 Å². The van der Waals surface area contributed by atoms with Crippen molar-refractivity contribution < 1.29 is 9.53 Å². The second-order valence-electron chi connectivity index (χ2n) is 5.22. The fourth-order valence-electron chi connectivity index (χ4n) is 2.23. The predicted molar refractivity (Wildman–Crippen MR) is 103 cm³/mol. The smallest absolute Gasteiger partial charge is 0.250 e. The molecule has 126 valence electrons. The number of amides is 1. The summed E-state index contributed by atoms with van der Waals surface area (Å²) in [5.74, 6) is 0.614. The molecule has 0 atom stereocenters. The quantitative estimate of drug-likeness (QED) is 0.646. The molecular weight excluding hydrogens is 332 g/mol. The number of nitrogens with zero attached hydrogens (tertiary/aromatic N) is 1. The van der Waals surface area contributed by atoms with Crippen LogP contribution in [0, 0.1) is 0 Å². The molecule has 1 N–H and O–H groups in total. The highest BCUT2D eigenvalue weighted by Gasteiger charge is 2.06. The molecular formula is C20H18N2O2S. The number of ether oxygens (including phenoxy) is 1. The summed E-state index contributed by atoms with van der Waals surface area (Å²) in [5.41, 5.74) is 2.02. The Hall–Kier alpha value is -2.92. The van der Waals surface area contributed by atoms with Crippen LogP contribution in [0.15, 0.2) is 66.9 Å². The van der Waals surface area contributed by atoms with Crippen molar-refractivity contribution in [2.75, 3.05) is 11.9 Å². The minimum Gasteiger partial charge on any atom is -0.494 e. The minimum absolute atomic E-state index is 0.206. The normalized spacial score (nSPS) is 10.8. The molecule has 25 heavy (non-hydrogen) atoms. The van der Waals surface area contributed by atoms with Crippen LogP contribution in [0.2, 0.25) is 0 Å². The first-order valence-electron chi connectivity index (χ1n) is 7.98. The summed E-state index contributed by atoms with van der Waals surface area (Å²) in [6.45, 7) is 2.58. The number of aromatic nitrogens is 1. The van der Waals surface area contributed by atoms with E-state index in [1.165, 1.54) is 17.4 Å². The second kappa shape index (κ2) is 8.26. The van der Waals surface area contributed by atoms with Gasteiger partial charge in [-0.15, -0.1) is 0 Å². The molecule has 0 aliphatic heterocycles. The first-order chi connectivity index (χ1) is 12.2.